The summed E-state index contributed by atoms with van der Waals surface area (Å²) < 4.78 is 5.37. The Kier molecular flexibility index (Phi) is 6.95. The molecule has 108 valence electrons. The van der Waals surface area contributed by atoms with Gasteiger partial charge in [-0.05, 0) is 45.2 Å². The van der Waals surface area contributed by atoms with Crippen LogP contribution in [0.25, 0.3) is 0 Å². The first-order valence-corrected chi connectivity index (χ1v) is 7.22. The van der Waals surface area contributed by atoms with Gasteiger partial charge in [-0.15, -0.1) is 0 Å². The average molecular weight is 265 g/mol. The van der Waals surface area contributed by atoms with E-state index in [1.54, 1.807) is 0 Å². The van der Waals surface area contributed by atoms with Gasteiger partial charge in [0.05, 0.1) is 0 Å². The van der Waals surface area contributed by atoms with Gasteiger partial charge in [0, 0.05) is 24.5 Å². The minimum absolute atomic E-state index is 0.438. The van der Waals surface area contributed by atoms with E-state index in [9.17, 15) is 0 Å². The van der Waals surface area contributed by atoms with Crippen molar-refractivity contribution in [3.05, 3.63) is 22.8 Å². The quantitative estimate of drug-likeness (QED) is 0.734. The van der Waals surface area contributed by atoms with E-state index in [-0.39, 0.29) is 0 Å². The van der Waals surface area contributed by atoms with Crippen LogP contribution in [0.4, 0.5) is 0 Å². The van der Waals surface area contributed by atoms with Crippen LogP contribution in [0.15, 0.2) is 0 Å². The van der Waals surface area contributed by atoms with E-state index in [0.717, 1.165) is 36.7 Å². The Morgan fingerprint density at radius 2 is 1.79 bits per heavy atom. The highest BCUT2D eigenvalue weighted by Crippen LogP contribution is 2.21. The molecule has 0 aliphatic rings. The lowest BCUT2D eigenvalue weighted by Crippen LogP contribution is -2.22. The van der Waals surface area contributed by atoms with Crippen molar-refractivity contribution in [1.82, 2.24) is 15.3 Å². The van der Waals surface area contributed by atoms with Crippen molar-refractivity contribution in [3.63, 3.8) is 0 Å². The highest BCUT2D eigenvalue weighted by molar-refractivity contribution is 5.28. The molecule has 1 heterocycles. The maximum absolute atomic E-state index is 5.37. The molecule has 0 saturated carbocycles. The number of hydrogen-bond acceptors (Lipinski definition) is 4. The lowest BCUT2D eigenvalue weighted by molar-refractivity contribution is 0.128. The smallest absolute Gasteiger partial charge is 0.154 e. The highest BCUT2D eigenvalue weighted by Gasteiger charge is 2.14. The van der Waals surface area contributed by atoms with Crippen LogP contribution >= 0.6 is 0 Å². The van der Waals surface area contributed by atoms with Gasteiger partial charge in [-0.25, -0.2) is 9.97 Å². The molecule has 1 rings (SSSR count). The van der Waals surface area contributed by atoms with Gasteiger partial charge in [0.25, 0.3) is 0 Å². The lowest BCUT2D eigenvalue weighted by atomic mass is 9.98. The normalized spacial score (nSPS) is 12.7. The van der Waals surface area contributed by atoms with Gasteiger partial charge in [0.1, 0.15) is 6.61 Å². The molecular weight excluding hydrogens is 238 g/mol. The summed E-state index contributed by atoms with van der Waals surface area (Å²) >= 11 is 0. The van der Waals surface area contributed by atoms with E-state index in [0.29, 0.717) is 19.1 Å². The van der Waals surface area contributed by atoms with E-state index < -0.39 is 0 Å². The van der Waals surface area contributed by atoms with E-state index >= 15 is 0 Å². The summed E-state index contributed by atoms with van der Waals surface area (Å²) in [5.74, 6) is 1.22. The van der Waals surface area contributed by atoms with Gasteiger partial charge in [-0.1, -0.05) is 13.8 Å². The number of ether oxygens (including phenoxy) is 1. The fourth-order valence-electron chi connectivity index (χ4n) is 2.36. The van der Waals surface area contributed by atoms with Crippen molar-refractivity contribution in [1.29, 1.82) is 0 Å². The predicted octanol–water partition coefficient (Wildman–Crippen LogP) is 2.73. The maximum Gasteiger partial charge on any atom is 0.154 e. The van der Waals surface area contributed by atoms with Crippen LogP contribution in [-0.2, 0) is 11.3 Å². The van der Waals surface area contributed by atoms with Crippen LogP contribution in [-0.4, -0.2) is 29.7 Å². The van der Waals surface area contributed by atoms with E-state index in [1.165, 1.54) is 5.56 Å². The first kappa shape index (κ1) is 16.1. The first-order valence-electron chi connectivity index (χ1n) is 7.22. The van der Waals surface area contributed by atoms with Gasteiger partial charge in [-0.3, -0.25) is 0 Å². The second-order valence-electron chi connectivity index (χ2n) is 4.97. The van der Waals surface area contributed by atoms with Gasteiger partial charge < -0.3 is 10.1 Å². The zero-order chi connectivity index (χ0) is 14.3. The molecule has 1 atom stereocenters. The molecule has 0 amide bonds. The summed E-state index contributed by atoms with van der Waals surface area (Å²) in [4.78, 5) is 9.11. The zero-order valence-corrected chi connectivity index (χ0v) is 12.9. The van der Waals surface area contributed by atoms with Crippen LogP contribution < -0.4 is 5.32 Å². The van der Waals surface area contributed by atoms with Crippen molar-refractivity contribution < 1.29 is 4.74 Å². The molecule has 0 radical (unpaired) electrons. The molecule has 0 spiro atoms. The molecule has 0 aliphatic heterocycles. The standard InChI is InChI=1S/C15H27N3O/c1-6-8-16-9-11(3)15-12(4)17-14(10-19-7-2)18-13(15)5/h11,16H,6-10H2,1-5H3. The van der Waals surface area contributed by atoms with E-state index in [1.807, 2.05) is 6.92 Å². The molecule has 1 aromatic rings. The van der Waals surface area contributed by atoms with Crippen LogP contribution in [0, 0.1) is 13.8 Å². The summed E-state index contributed by atoms with van der Waals surface area (Å²) in [7, 11) is 0. The number of rotatable bonds is 8. The van der Waals surface area contributed by atoms with Gasteiger partial charge in [0.2, 0.25) is 0 Å². The minimum atomic E-state index is 0.438. The fourth-order valence-corrected chi connectivity index (χ4v) is 2.36. The van der Waals surface area contributed by atoms with Crippen molar-refractivity contribution in [3.8, 4) is 0 Å². The number of aryl methyl sites for hydroxylation is 2. The summed E-state index contributed by atoms with van der Waals surface area (Å²) in [5.41, 5.74) is 3.42. The van der Waals surface area contributed by atoms with Gasteiger partial charge in [-0.2, -0.15) is 0 Å². The van der Waals surface area contributed by atoms with E-state index in [4.69, 9.17) is 4.74 Å². The summed E-state index contributed by atoms with van der Waals surface area (Å²) in [6.45, 7) is 13.8. The van der Waals surface area contributed by atoms with Gasteiger partial charge >= 0.3 is 0 Å². The first-order chi connectivity index (χ1) is 9.10. The Morgan fingerprint density at radius 3 is 2.32 bits per heavy atom. The van der Waals surface area contributed by atoms with Crippen LogP contribution in [0.3, 0.4) is 0 Å². The number of hydrogen-bond donors (Lipinski definition) is 1. The van der Waals surface area contributed by atoms with E-state index in [2.05, 4.69) is 43.0 Å². The molecule has 1 aromatic heterocycles. The average Bonchev–Trinajstić information content (AvgIpc) is 2.36. The van der Waals surface area contributed by atoms with Crippen molar-refractivity contribution in [2.75, 3.05) is 19.7 Å². The minimum Gasteiger partial charge on any atom is -0.374 e. The fraction of sp³-hybridized carbons (Fsp3) is 0.733. The Hall–Kier alpha value is -1.00. The third-order valence-electron chi connectivity index (χ3n) is 3.18. The van der Waals surface area contributed by atoms with Crippen molar-refractivity contribution in [2.45, 2.75) is 53.6 Å². The van der Waals surface area contributed by atoms with Crippen LogP contribution in [0.2, 0.25) is 0 Å². The third-order valence-corrected chi connectivity index (χ3v) is 3.18. The van der Waals surface area contributed by atoms with Crippen molar-refractivity contribution in [2.24, 2.45) is 0 Å². The Balaban J connectivity index is 2.78. The van der Waals surface area contributed by atoms with Gasteiger partial charge in [0.15, 0.2) is 5.82 Å². The molecule has 0 bridgehead atoms. The van der Waals surface area contributed by atoms with Crippen LogP contribution in [0.5, 0.6) is 0 Å². The molecule has 0 fully saturated rings. The molecule has 19 heavy (non-hydrogen) atoms. The monoisotopic (exact) mass is 265 g/mol. The molecule has 4 heteroatoms. The second kappa shape index (κ2) is 8.23. The topological polar surface area (TPSA) is 47.0 Å². The zero-order valence-electron chi connectivity index (χ0n) is 12.9. The largest absolute Gasteiger partial charge is 0.374 e. The predicted molar refractivity (Wildman–Crippen MR) is 78.4 cm³/mol. The number of aromatic nitrogens is 2. The molecule has 0 saturated heterocycles. The molecule has 4 nitrogen and oxygen atoms in total. The molecule has 1 unspecified atom stereocenters. The maximum atomic E-state index is 5.37. The Morgan fingerprint density at radius 1 is 1.16 bits per heavy atom. The molecule has 0 aliphatic carbocycles. The highest BCUT2D eigenvalue weighted by atomic mass is 16.5. The lowest BCUT2D eigenvalue weighted by Gasteiger charge is -2.18. The summed E-state index contributed by atoms with van der Waals surface area (Å²) in [6.07, 6.45) is 1.16. The summed E-state index contributed by atoms with van der Waals surface area (Å²) in [6, 6.07) is 0. The third kappa shape index (κ3) is 4.88. The number of nitrogens with one attached hydrogen (secondary N) is 1. The summed E-state index contributed by atoms with van der Waals surface area (Å²) in [5, 5.41) is 3.46. The van der Waals surface area contributed by atoms with Crippen molar-refractivity contribution >= 4 is 0 Å². The molecule has 0 aromatic carbocycles. The molecule has 1 N–H and O–H groups in total. The Bertz CT molecular complexity index is 370. The van der Waals surface area contributed by atoms with Crippen LogP contribution in [0.1, 0.15) is 55.9 Å². The molecular formula is C15H27N3O. The Labute approximate surface area is 117 Å². The SMILES string of the molecule is CCCNCC(C)c1c(C)nc(COCC)nc1C. The number of nitrogens with zero attached hydrogens (tertiary/aromatic N) is 2. The second-order valence-corrected chi connectivity index (χ2v) is 4.97.